The first-order valence-corrected chi connectivity index (χ1v) is 8.08. The minimum absolute atomic E-state index is 0.106. The molecule has 0 aliphatic rings. The van der Waals surface area contributed by atoms with E-state index in [0.29, 0.717) is 17.9 Å². The van der Waals surface area contributed by atoms with E-state index >= 15 is 0 Å². The van der Waals surface area contributed by atoms with E-state index in [2.05, 4.69) is 10.3 Å². The normalized spacial score (nSPS) is 10.9. The summed E-state index contributed by atoms with van der Waals surface area (Å²) in [6.07, 6.45) is 0.831. The Morgan fingerprint density at radius 3 is 2.87 bits per heavy atom. The van der Waals surface area contributed by atoms with Gasteiger partial charge in [-0.1, -0.05) is 16.4 Å². The van der Waals surface area contributed by atoms with E-state index in [4.69, 9.17) is 13.8 Å². The van der Waals surface area contributed by atoms with Crippen molar-refractivity contribution in [2.24, 2.45) is 0 Å². The van der Waals surface area contributed by atoms with Crippen molar-refractivity contribution in [2.75, 3.05) is 0 Å². The smallest absolute Gasteiger partial charge is 0.306 e. The van der Waals surface area contributed by atoms with Crippen LogP contribution in [0.5, 0.6) is 0 Å². The summed E-state index contributed by atoms with van der Waals surface area (Å²) in [4.78, 5) is 12.8. The number of ether oxygens (including phenoxy) is 1. The van der Waals surface area contributed by atoms with Crippen molar-refractivity contribution < 1.29 is 18.6 Å². The van der Waals surface area contributed by atoms with Gasteiger partial charge >= 0.3 is 5.97 Å². The Balaban J connectivity index is 1.49. The fraction of sp³-hybridized carbons (Fsp3) is 0.312. The van der Waals surface area contributed by atoms with Crippen LogP contribution in [0.15, 0.2) is 32.6 Å². The fourth-order valence-electron chi connectivity index (χ4n) is 2.23. The number of hydrogen-bond acceptors (Lipinski definition) is 7. The Kier molecular flexibility index (Phi) is 4.57. The molecule has 3 heterocycles. The first-order chi connectivity index (χ1) is 11.1. The summed E-state index contributed by atoms with van der Waals surface area (Å²) in [5.41, 5.74) is 2.37. The van der Waals surface area contributed by atoms with Gasteiger partial charge in [-0.05, 0) is 31.7 Å². The fourth-order valence-corrected chi connectivity index (χ4v) is 2.90. The molecule has 0 atom stereocenters. The summed E-state index contributed by atoms with van der Waals surface area (Å²) in [6, 6.07) is 5.68. The Morgan fingerprint density at radius 1 is 1.30 bits per heavy atom. The van der Waals surface area contributed by atoms with Gasteiger partial charge in [0.25, 0.3) is 0 Å². The maximum absolute atomic E-state index is 11.8. The molecule has 0 radical (unpaired) electrons. The Bertz CT molecular complexity index is 769. The highest BCUT2D eigenvalue weighted by atomic mass is 32.1. The molecule has 0 saturated carbocycles. The lowest BCUT2D eigenvalue weighted by Crippen LogP contribution is -2.06. The zero-order valence-corrected chi connectivity index (χ0v) is 13.7. The number of aromatic nitrogens is 2. The lowest BCUT2D eigenvalue weighted by molar-refractivity contribution is -0.145. The molecule has 0 saturated heterocycles. The van der Waals surface area contributed by atoms with Gasteiger partial charge in [-0.2, -0.15) is 0 Å². The van der Waals surface area contributed by atoms with Crippen LogP contribution >= 0.6 is 11.3 Å². The number of esters is 1. The van der Waals surface area contributed by atoms with Crippen LogP contribution in [0.3, 0.4) is 0 Å². The van der Waals surface area contributed by atoms with Crippen LogP contribution in [0.1, 0.15) is 29.1 Å². The molecule has 7 heteroatoms. The van der Waals surface area contributed by atoms with Gasteiger partial charge in [-0.3, -0.25) is 4.79 Å². The lowest BCUT2D eigenvalue weighted by atomic mass is 10.1. The average Bonchev–Trinajstić information content (AvgIpc) is 3.25. The topological polar surface area (TPSA) is 78.4 Å². The molecule has 3 rings (SSSR count). The van der Waals surface area contributed by atoms with E-state index in [1.807, 2.05) is 31.4 Å². The number of aryl methyl sites for hydroxylation is 2. The molecule has 0 unspecified atom stereocenters. The highest BCUT2D eigenvalue weighted by molar-refractivity contribution is 7.13. The summed E-state index contributed by atoms with van der Waals surface area (Å²) < 4.78 is 15.5. The molecule has 0 fully saturated rings. The third-order valence-electron chi connectivity index (χ3n) is 3.46. The van der Waals surface area contributed by atoms with Crippen LogP contribution in [-0.4, -0.2) is 16.3 Å². The average molecular weight is 332 g/mol. The van der Waals surface area contributed by atoms with Crippen molar-refractivity contribution in [1.82, 2.24) is 10.3 Å². The van der Waals surface area contributed by atoms with E-state index in [-0.39, 0.29) is 19.0 Å². The van der Waals surface area contributed by atoms with Gasteiger partial charge in [0.15, 0.2) is 5.76 Å². The molecule has 23 heavy (non-hydrogen) atoms. The second kappa shape index (κ2) is 6.78. The van der Waals surface area contributed by atoms with Crippen LogP contribution in [-0.2, 0) is 22.6 Å². The maximum atomic E-state index is 11.8. The van der Waals surface area contributed by atoms with E-state index in [1.54, 1.807) is 17.4 Å². The van der Waals surface area contributed by atoms with Crippen molar-refractivity contribution >= 4 is 17.3 Å². The van der Waals surface area contributed by atoms with Gasteiger partial charge in [0, 0.05) is 18.1 Å². The summed E-state index contributed by atoms with van der Waals surface area (Å²) in [6.45, 7) is 3.80. The Labute approximate surface area is 137 Å². The highest BCUT2D eigenvalue weighted by Crippen LogP contribution is 2.25. The third kappa shape index (κ3) is 3.68. The van der Waals surface area contributed by atoms with Crippen LogP contribution in [0.2, 0.25) is 0 Å². The minimum atomic E-state index is -0.286. The molecule has 0 aromatic carbocycles. The van der Waals surface area contributed by atoms with Crippen molar-refractivity contribution in [3.63, 3.8) is 0 Å². The number of carbonyl (C=O) groups is 1. The quantitative estimate of drug-likeness (QED) is 0.641. The number of hydrogen-bond donors (Lipinski definition) is 0. The zero-order valence-electron chi connectivity index (χ0n) is 12.9. The summed E-state index contributed by atoms with van der Waals surface area (Å²) in [5.74, 6) is 1.14. The number of thiophene rings is 1. The predicted molar refractivity (Wildman–Crippen MR) is 83.9 cm³/mol. The van der Waals surface area contributed by atoms with Gasteiger partial charge in [0.05, 0.1) is 10.6 Å². The molecule has 0 N–H and O–H groups in total. The Hall–Kier alpha value is -2.41. The van der Waals surface area contributed by atoms with Crippen LogP contribution in [0.25, 0.3) is 10.6 Å². The van der Waals surface area contributed by atoms with Crippen molar-refractivity contribution in [3.8, 4) is 10.6 Å². The summed E-state index contributed by atoms with van der Waals surface area (Å²) >= 11 is 1.57. The van der Waals surface area contributed by atoms with Crippen LogP contribution < -0.4 is 0 Å². The molecule has 0 spiro atoms. The summed E-state index contributed by atoms with van der Waals surface area (Å²) in [7, 11) is 0. The second-order valence-electron chi connectivity index (χ2n) is 5.12. The van der Waals surface area contributed by atoms with Crippen molar-refractivity contribution in [1.29, 1.82) is 0 Å². The van der Waals surface area contributed by atoms with Crippen molar-refractivity contribution in [2.45, 2.75) is 33.3 Å². The van der Waals surface area contributed by atoms with Gasteiger partial charge in [-0.15, -0.1) is 11.3 Å². The molecule has 3 aromatic rings. The maximum Gasteiger partial charge on any atom is 0.306 e. The van der Waals surface area contributed by atoms with Gasteiger partial charge in [-0.25, -0.2) is 0 Å². The molecule has 0 amide bonds. The lowest BCUT2D eigenvalue weighted by Gasteiger charge is -2.02. The van der Waals surface area contributed by atoms with Gasteiger partial charge < -0.3 is 13.8 Å². The molecule has 0 bridgehead atoms. The number of carbonyl (C=O) groups excluding carboxylic acids is 1. The Morgan fingerprint density at radius 2 is 2.17 bits per heavy atom. The molecule has 120 valence electrons. The molecular formula is C16H16N2O4S. The van der Waals surface area contributed by atoms with Gasteiger partial charge in [0.2, 0.25) is 0 Å². The molecule has 3 aromatic heterocycles. The number of nitrogens with zero attached hydrogens (tertiary/aromatic N) is 2. The SMILES string of the molecule is Cc1noc(C)c1CCC(=O)OCc1cc(-c2cccs2)on1. The van der Waals surface area contributed by atoms with E-state index < -0.39 is 0 Å². The largest absolute Gasteiger partial charge is 0.459 e. The van der Waals surface area contributed by atoms with E-state index in [9.17, 15) is 4.79 Å². The van der Waals surface area contributed by atoms with E-state index in [0.717, 1.165) is 21.9 Å². The van der Waals surface area contributed by atoms with Crippen LogP contribution in [0.4, 0.5) is 0 Å². The molecule has 6 nitrogen and oxygen atoms in total. The monoisotopic (exact) mass is 332 g/mol. The van der Waals surface area contributed by atoms with Crippen molar-refractivity contribution in [3.05, 3.63) is 46.3 Å². The van der Waals surface area contributed by atoms with Crippen LogP contribution in [0, 0.1) is 13.8 Å². The molecular weight excluding hydrogens is 316 g/mol. The molecule has 0 aliphatic heterocycles. The molecule has 0 aliphatic carbocycles. The first kappa shape index (κ1) is 15.5. The highest BCUT2D eigenvalue weighted by Gasteiger charge is 2.13. The van der Waals surface area contributed by atoms with Gasteiger partial charge in [0.1, 0.15) is 18.1 Å². The first-order valence-electron chi connectivity index (χ1n) is 7.20. The minimum Gasteiger partial charge on any atom is -0.459 e. The summed E-state index contributed by atoms with van der Waals surface area (Å²) in [5, 5.41) is 9.74. The third-order valence-corrected chi connectivity index (χ3v) is 4.35. The predicted octanol–water partition coefficient (Wildman–Crippen LogP) is 3.68. The second-order valence-corrected chi connectivity index (χ2v) is 6.07. The standard InChI is InChI=1S/C16H16N2O4S/c1-10-13(11(2)21-17-10)5-6-16(19)20-9-12-8-14(22-18-12)15-4-3-7-23-15/h3-4,7-8H,5-6,9H2,1-2H3. The van der Waals surface area contributed by atoms with E-state index in [1.165, 1.54) is 0 Å². The zero-order chi connectivity index (χ0) is 16.2. The number of rotatable bonds is 6.